The first kappa shape index (κ1) is 44.7. The van der Waals surface area contributed by atoms with Gasteiger partial charge in [-0.2, -0.15) is 0 Å². The summed E-state index contributed by atoms with van der Waals surface area (Å²) in [7, 11) is 0. The van der Waals surface area contributed by atoms with E-state index >= 15 is 0 Å². The molecule has 4 aliphatic rings. The average Bonchev–Trinajstić information content (AvgIpc) is 2.35. The summed E-state index contributed by atoms with van der Waals surface area (Å²) in [5, 5.41) is 7.02. The molecule has 0 bridgehead atoms. The van der Waals surface area contributed by atoms with Crippen LogP contribution in [0.4, 0.5) is 51.2 Å². The molecule has 0 aliphatic carbocycles. The Kier molecular flexibility index (Phi) is 9.80. The molecule has 6 nitrogen and oxygen atoms in total. The zero-order valence-corrected chi connectivity index (χ0v) is 43.2. The van der Waals surface area contributed by atoms with Crippen molar-refractivity contribution in [3.8, 4) is 34.5 Å². The Labute approximate surface area is 463 Å². The van der Waals surface area contributed by atoms with Gasteiger partial charge in [0, 0.05) is 75.5 Å². The van der Waals surface area contributed by atoms with Gasteiger partial charge in [-0.25, -0.2) is 0 Å². The van der Waals surface area contributed by atoms with E-state index in [4.69, 9.17) is 14.2 Å². The minimum atomic E-state index is -0.208. The molecule has 0 saturated carbocycles. The van der Waals surface area contributed by atoms with Crippen LogP contribution >= 0.6 is 0 Å². The van der Waals surface area contributed by atoms with Crippen LogP contribution in [0.2, 0.25) is 0 Å². The summed E-state index contributed by atoms with van der Waals surface area (Å²) >= 11 is 0. The van der Waals surface area contributed by atoms with E-state index in [1.54, 1.807) is 0 Å². The Hall–Kier alpha value is -10.4. The molecule has 8 heteroatoms. The molecule has 0 atom stereocenters. The van der Waals surface area contributed by atoms with Gasteiger partial charge in [-0.05, 0) is 144 Å². The van der Waals surface area contributed by atoms with Gasteiger partial charge < -0.3 is 28.9 Å². The molecule has 0 saturated heterocycles. The van der Waals surface area contributed by atoms with Crippen LogP contribution in [0, 0.1) is 0 Å². The fraction of sp³-hybridized carbons (Fsp3) is 0. The van der Waals surface area contributed by atoms with Crippen molar-refractivity contribution in [2.75, 3.05) is 14.7 Å². The number of benzene rings is 13. The lowest BCUT2D eigenvalue weighted by molar-refractivity contribution is 0.463. The second-order valence-electron chi connectivity index (χ2n) is 21.2. The molecule has 0 amide bonds. The van der Waals surface area contributed by atoms with Crippen LogP contribution in [0.5, 0.6) is 34.5 Å². The molecule has 13 aromatic carbocycles. The third kappa shape index (κ3) is 6.95. The smallest absolute Gasteiger partial charge is 0.256 e. The van der Waals surface area contributed by atoms with Gasteiger partial charge in [0.1, 0.15) is 34.5 Å². The highest BCUT2D eigenvalue weighted by Crippen LogP contribution is 2.50. The molecule has 17 rings (SSSR count). The minimum Gasteiger partial charge on any atom is -0.458 e. The first-order valence-corrected chi connectivity index (χ1v) is 27.4. The highest BCUT2D eigenvalue weighted by molar-refractivity contribution is 7.03. The minimum absolute atomic E-state index is 0.203. The lowest BCUT2D eigenvalue weighted by Gasteiger charge is -2.46. The van der Waals surface area contributed by atoms with Gasteiger partial charge in [0.05, 0.1) is 0 Å². The first-order valence-electron chi connectivity index (χ1n) is 27.4. The van der Waals surface area contributed by atoms with Crippen molar-refractivity contribution in [2.24, 2.45) is 0 Å². The van der Waals surface area contributed by atoms with E-state index in [-0.39, 0.29) is 13.4 Å². The molecule has 372 valence electrons. The van der Waals surface area contributed by atoms with Crippen molar-refractivity contribution in [3.05, 3.63) is 273 Å². The summed E-state index contributed by atoms with van der Waals surface area (Å²) in [6.07, 6.45) is 0. The highest BCUT2D eigenvalue weighted by Gasteiger charge is 2.48. The van der Waals surface area contributed by atoms with Crippen LogP contribution < -0.4 is 61.7 Å². The predicted molar refractivity (Wildman–Crippen MR) is 332 cm³/mol. The Morgan fingerprint density at radius 3 is 1.24 bits per heavy atom. The van der Waals surface area contributed by atoms with Crippen LogP contribution in [-0.2, 0) is 0 Å². The highest BCUT2D eigenvalue weighted by atomic mass is 16.5. The van der Waals surface area contributed by atoms with Crippen molar-refractivity contribution in [2.45, 2.75) is 0 Å². The topological polar surface area (TPSA) is 37.4 Å². The van der Waals surface area contributed by atoms with Gasteiger partial charge in [0.25, 0.3) is 13.4 Å². The summed E-state index contributed by atoms with van der Waals surface area (Å²) in [6.45, 7) is -0.410. The number of fused-ring (bicyclic) bond motifs is 11. The standard InChI is InChI=1S/C72H45B2N3O3/c1-5-25-52(26-6-1)75-64-45-65-61(74-62-37-49-22-16-18-24-51(49)39-69(62)80-70-43-58(79-56-31-11-4-12-32-56)42-68(72(70)74)76(65)53-27-7-2-8-28-53)44-60(64)73-59-36-48-21-15-17-23-50(48)38-63(59)77(54-34-33-46-19-13-14-20-47(46)35-54)67-41-57(40-66(75)71(67)73)78-55-29-9-3-10-30-55/h1-45H. The number of nitrogens with zero attached hydrogens (tertiary/aromatic N) is 3. The largest absolute Gasteiger partial charge is 0.458 e. The molecule has 0 spiro atoms. The van der Waals surface area contributed by atoms with Crippen LogP contribution in [0.1, 0.15) is 0 Å². The van der Waals surface area contributed by atoms with Gasteiger partial charge in [0.2, 0.25) is 0 Å². The predicted octanol–water partition coefficient (Wildman–Crippen LogP) is 15.2. The number of hydrogen-bond acceptors (Lipinski definition) is 6. The van der Waals surface area contributed by atoms with E-state index in [1.807, 2.05) is 60.7 Å². The van der Waals surface area contributed by atoms with Gasteiger partial charge in [-0.3, -0.25) is 0 Å². The van der Waals surface area contributed by atoms with Crippen molar-refractivity contribution < 1.29 is 14.2 Å². The zero-order valence-electron chi connectivity index (χ0n) is 43.2. The SMILES string of the molecule is c1ccc(Oc2cc3c4c(c2)N(c2ccccc2)c2cc5c(cc2B4c2cc4ccccc4cc2O3)B2c3cc4ccccc4cc3N(c3ccc4ccccc4c3)c3cc(Oc4ccccc4)cc(c32)N5c2ccccc2)cc1. The van der Waals surface area contributed by atoms with Crippen LogP contribution in [0.15, 0.2) is 273 Å². The Balaban J connectivity index is 0.992. The molecule has 0 unspecified atom stereocenters. The maximum atomic E-state index is 7.20. The summed E-state index contributed by atoms with van der Waals surface area (Å²) in [5.41, 5.74) is 16.6. The maximum absolute atomic E-state index is 7.20. The maximum Gasteiger partial charge on any atom is 0.256 e. The number of para-hydroxylation sites is 4. The Bertz CT molecular complexity index is 4680. The second kappa shape index (κ2) is 17.5. The molecule has 4 aliphatic heterocycles. The van der Waals surface area contributed by atoms with E-state index in [0.717, 1.165) is 102 Å². The van der Waals surface area contributed by atoms with E-state index in [2.05, 4.69) is 227 Å². The summed E-state index contributed by atoms with van der Waals surface area (Å²) in [6, 6.07) is 98.0. The fourth-order valence-electron chi connectivity index (χ4n) is 13.2. The Morgan fingerprint density at radius 2 is 0.662 bits per heavy atom. The second-order valence-corrected chi connectivity index (χ2v) is 21.2. The Morgan fingerprint density at radius 1 is 0.250 bits per heavy atom. The third-order valence-electron chi connectivity index (χ3n) is 16.6. The number of rotatable bonds is 7. The van der Waals surface area contributed by atoms with E-state index in [9.17, 15) is 0 Å². The van der Waals surface area contributed by atoms with Gasteiger partial charge in [-0.15, -0.1) is 0 Å². The number of anilines is 9. The van der Waals surface area contributed by atoms with Crippen molar-refractivity contribution in [1.29, 1.82) is 0 Å². The van der Waals surface area contributed by atoms with Crippen LogP contribution in [0.25, 0.3) is 32.3 Å². The number of hydrogen-bond donors (Lipinski definition) is 0. The van der Waals surface area contributed by atoms with E-state index in [1.165, 1.54) is 43.4 Å². The lowest BCUT2D eigenvalue weighted by atomic mass is 9.30. The zero-order chi connectivity index (χ0) is 52.4. The summed E-state index contributed by atoms with van der Waals surface area (Å²) < 4.78 is 21.0. The van der Waals surface area contributed by atoms with Gasteiger partial charge in [0.15, 0.2) is 0 Å². The van der Waals surface area contributed by atoms with Crippen LogP contribution in [0.3, 0.4) is 0 Å². The monoisotopic (exact) mass is 1020 g/mol. The molecule has 0 N–H and O–H groups in total. The molecule has 13 aromatic rings. The van der Waals surface area contributed by atoms with Crippen molar-refractivity contribution in [3.63, 3.8) is 0 Å². The normalized spacial score (nSPS) is 13.2. The molecule has 4 heterocycles. The number of ether oxygens (including phenoxy) is 3. The average molecular weight is 1020 g/mol. The molecule has 0 radical (unpaired) electrons. The molecule has 0 fully saturated rings. The van der Waals surface area contributed by atoms with E-state index in [0.29, 0.717) is 5.75 Å². The quantitative estimate of drug-likeness (QED) is 0.148. The van der Waals surface area contributed by atoms with Crippen molar-refractivity contribution in [1.82, 2.24) is 0 Å². The molecule has 80 heavy (non-hydrogen) atoms. The van der Waals surface area contributed by atoms with Gasteiger partial charge in [-0.1, -0.05) is 170 Å². The first-order chi connectivity index (χ1) is 39.6. The van der Waals surface area contributed by atoms with Crippen molar-refractivity contribution >= 4 is 130 Å². The van der Waals surface area contributed by atoms with E-state index < -0.39 is 0 Å². The molecular formula is C72H45B2N3O3. The molecule has 0 aromatic heterocycles. The van der Waals surface area contributed by atoms with Crippen LogP contribution in [-0.4, -0.2) is 13.4 Å². The summed E-state index contributed by atoms with van der Waals surface area (Å²) in [5.74, 6) is 4.56. The third-order valence-corrected chi connectivity index (χ3v) is 16.6. The molecular weight excluding hydrogens is 976 g/mol. The lowest BCUT2D eigenvalue weighted by Crippen LogP contribution is -2.64. The fourth-order valence-corrected chi connectivity index (χ4v) is 13.2. The van der Waals surface area contributed by atoms with Gasteiger partial charge >= 0.3 is 0 Å². The summed E-state index contributed by atoms with van der Waals surface area (Å²) in [4.78, 5) is 7.40.